The maximum absolute atomic E-state index is 12.9. The third-order valence-corrected chi connectivity index (χ3v) is 7.27. The molecular weight excluding hydrogens is 400 g/mol. The van der Waals surface area contributed by atoms with Gasteiger partial charge in [0.25, 0.3) is 0 Å². The lowest BCUT2D eigenvalue weighted by Crippen LogP contribution is -2.48. The van der Waals surface area contributed by atoms with Crippen LogP contribution in [0.1, 0.15) is 11.1 Å². The molecule has 1 fully saturated rings. The van der Waals surface area contributed by atoms with Crippen molar-refractivity contribution in [2.24, 2.45) is 0 Å². The number of piperazine rings is 1. The molecule has 0 amide bonds. The largest absolute Gasteiger partial charge is 0.493 e. The molecule has 152 valence electrons. The zero-order valence-electron chi connectivity index (χ0n) is 16.3. The van der Waals surface area contributed by atoms with Crippen molar-refractivity contribution in [3.05, 3.63) is 52.5 Å². The van der Waals surface area contributed by atoms with Crippen LogP contribution in [-0.2, 0) is 16.6 Å². The molecule has 8 heteroatoms. The van der Waals surface area contributed by atoms with Crippen LogP contribution in [0.5, 0.6) is 11.5 Å². The highest BCUT2D eigenvalue weighted by Gasteiger charge is 2.30. The van der Waals surface area contributed by atoms with E-state index in [9.17, 15) is 8.42 Å². The summed E-state index contributed by atoms with van der Waals surface area (Å²) in [6.07, 6.45) is 0. The number of aryl methyl sites for hydroxylation is 1. The van der Waals surface area contributed by atoms with Gasteiger partial charge in [-0.05, 0) is 42.3 Å². The number of sulfonamides is 1. The fourth-order valence-corrected chi connectivity index (χ4v) is 5.31. The average Bonchev–Trinajstić information content (AvgIpc) is 2.68. The Balaban J connectivity index is 1.66. The van der Waals surface area contributed by atoms with E-state index in [-0.39, 0.29) is 9.92 Å². The van der Waals surface area contributed by atoms with Gasteiger partial charge in [0.05, 0.1) is 19.2 Å². The van der Waals surface area contributed by atoms with E-state index in [1.54, 1.807) is 32.4 Å². The van der Waals surface area contributed by atoms with Gasteiger partial charge in [-0.2, -0.15) is 4.31 Å². The van der Waals surface area contributed by atoms with Gasteiger partial charge >= 0.3 is 0 Å². The maximum Gasteiger partial charge on any atom is 0.244 e. The van der Waals surface area contributed by atoms with Crippen molar-refractivity contribution in [2.45, 2.75) is 18.4 Å². The van der Waals surface area contributed by atoms with Crippen LogP contribution in [0.2, 0.25) is 5.02 Å². The molecule has 1 aliphatic heterocycles. The Labute approximate surface area is 171 Å². The van der Waals surface area contributed by atoms with Crippen molar-refractivity contribution in [3.8, 4) is 11.5 Å². The summed E-state index contributed by atoms with van der Waals surface area (Å²) in [4.78, 5) is 2.40. The summed E-state index contributed by atoms with van der Waals surface area (Å²) in [6, 6.07) is 10.9. The van der Waals surface area contributed by atoms with Gasteiger partial charge in [-0.1, -0.05) is 23.7 Å². The van der Waals surface area contributed by atoms with Gasteiger partial charge in [-0.3, -0.25) is 4.90 Å². The quantitative estimate of drug-likeness (QED) is 0.712. The second-order valence-electron chi connectivity index (χ2n) is 6.80. The maximum atomic E-state index is 12.9. The monoisotopic (exact) mass is 424 g/mol. The SMILES string of the molecule is COc1ccc(CN2CCN(S(=O)(=O)c3ccc(C)cc3Cl)CC2)cc1OC. The number of hydrogen-bond donors (Lipinski definition) is 0. The molecule has 1 aliphatic rings. The van der Waals surface area contributed by atoms with Crippen LogP contribution >= 0.6 is 11.6 Å². The minimum Gasteiger partial charge on any atom is -0.493 e. The number of hydrogen-bond acceptors (Lipinski definition) is 5. The highest BCUT2D eigenvalue weighted by Crippen LogP contribution is 2.29. The fourth-order valence-electron chi connectivity index (χ4n) is 3.32. The summed E-state index contributed by atoms with van der Waals surface area (Å²) in [5.74, 6) is 1.38. The molecule has 0 spiro atoms. The first kappa shape index (κ1) is 20.9. The number of ether oxygens (including phenoxy) is 2. The molecule has 6 nitrogen and oxygen atoms in total. The van der Waals surface area contributed by atoms with E-state index in [1.807, 2.05) is 25.1 Å². The first-order valence-electron chi connectivity index (χ1n) is 9.04. The summed E-state index contributed by atoms with van der Waals surface area (Å²) < 4.78 is 38.0. The van der Waals surface area contributed by atoms with E-state index in [2.05, 4.69) is 4.90 Å². The second-order valence-corrected chi connectivity index (χ2v) is 9.12. The number of benzene rings is 2. The lowest BCUT2D eigenvalue weighted by Gasteiger charge is -2.34. The van der Waals surface area contributed by atoms with Crippen molar-refractivity contribution in [3.63, 3.8) is 0 Å². The van der Waals surface area contributed by atoms with Gasteiger partial charge in [0, 0.05) is 32.7 Å². The molecule has 0 atom stereocenters. The molecule has 0 unspecified atom stereocenters. The molecule has 0 bridgehead atoms. The molecule has 2 aromatic carbocycles. The molecular formula is C20H25ClN2O4S. The number of rotatable bonds is 6. The Morgan fingerprint density at radius 1 is 0.964 bits per heavy atom. The molecule has 1 saturated heterocycles. The zero-order valence-corrected chi connectivity index (χ0v) is 17.9. The van der Waals surface area contributed by atoms with E-state index >= 15 is 0 Å². The third-order valence-electron chi connectivity index (χ3n) is 4.89. The Hall–Kier alpha value is -1.80. The lowest BCUT2D eigenvalue weighted by molar-refractivity contribution is 0.181. The van der Waals surface area contributed by atoms with Gasteiger partial charge in [-0.15, -0.1) is 0 Å². The van der Waals surface area contributed by atoms with E-state index < -0.39 is 10.0 Å². The second kappa shape index (κ2) is 8.69. The minimum absolute atomic E-state index is 0.174. The van der Waals surface area contributed by atoms with Crippen molar-refractivity contribution in [1.29, 1.82) is 0 Å². The summed E-state index contributed by atoms with van der Waals surface area (Å²) in [7, 11) is -0.366. The highest BCUT2D eigenvalue weighted by molar-refractivity contribution is 7.89. The molecule has 28 heavy (non-hydrogen) atoms. The average molecular weight is 425 g/mol. The molecule has 0 aliphatic carbocycles. The van der Waals surface area contributed by atoms with Gasteiger partial charge < -0.3 is 9.47 Å². The Morgan fingerprint density at radius 3 is 2.25 bits per heavy atom. The van der Waals surface area contributed by atoms with Crippen LogP contribution in [0.4, 0.5) is 0 Å². The standard InChI is InChI=1S/C20H25ClN2O4S/c1-15-4-7-20(17(21)12-15)28(24,25)23-10-8-22(9-11-23)14-16-5-6-18(26-2)19(13-16)27-3/h4-7,12-13H,8-11,14H2,1-3H3. The molecule has 0 radical (unpaired) electrons. The van der Waals surface area contributed by atoms with Gasteiger partial charge in [-0.25, -0.2) is 8.42 Å². The number of halogens is 1. The molecule has 0 aromatic heterocycles. The normalized spacial score (nSPS) is 16.1. The van der Waals surface area contributed by atoms with Crippen molar-refractivity contribution in [1.82, 2.24) is 9.21 Å². The molecule has 0 saturated carbocycles. The number of methoxy groups -OCH3 is 2. The molecule has 2 aromatic rings. The van der Waals surface area contributed by atoms with Crippen LogP contribution < -0.4 is 9.47 Å². The van der Waals surface area contributed by atoms with Crippen molar-refractivity contribution < 1.29 is 17.9 Å². The van der Waals surface area contributed by atoms with Gasteiger partial charge in [0.15, 0.2) is 11.5 Å². The number of nitrogens with zero attached hydrogens (tertiary/aromatic N) is 2. The summed E-state index contributed by atoms with van der Waals surface area (Å²) in [5.41, 5.74) is 2.03. The fraction of sp³-hybridized carbons (Fsp3) is 0.400. The Kier molecular flexibility index (Phi) is 6.50. The highest BCUT2D eigenvalue weighted by atomic mass is 35.5. The first-order valence-corrected chi connectivity index (χ1v) is 10.9. The van der Waals surface area contributed by atoms with Crippen molar-refractivity contribution >= 4 is 21.6 Å². The first-order chi connectivity index (χ1) is 13.3. The predicted octanol–water partition coefficient (Wildman–Crippen LogP) is 3.17. The van der Waals surface area contributed by atoms with Crippen LogP contribution in [0.25, 0.3) is 0 Å². The zero-order chi connectivity index (χ0) is 20.3. The summed E-state index contributed by atoms with van der Waals surface area (Å²) >= 11 is 6.18. The smallest absolute Gasteiger partial charge is 0.244 e. The molecule has 1 heterocycles. The van der Waals surface area contributed by atoms with Crippen molar-refractivity contribution in [2.75, 3.05) is 40.4 Å². The van der Waals surface area contributed by atoms with E-state index in [0.717, 1.165) is 17.7 Å². The van der Waals surface area contributed by atoms with E-state index in [1.165, 1.54) is 4.31 Å². The Bertz CT molecular complexity index is 941. The van der Waals surface area contributed by atoms with Crippen LogP contribution in [0.3, 0.4) is 0 Å². The van der Waals surface area contributed by atoms with Crippen LogP contribution in [-0.4, -0.2) is 58.0 Å². The lowest BCUT2D eigenvalue weighted by atomic mass is 10.1. The van der Waals surface area contributed by atoms with Crippen LogP contribution in [0.15, 0.2) is 41.3 Å². The summed E-state index contributed by atoms with van der Waals surface area (Å²) in [6.45, 7) is 4.77. The van der Waals surface area contributed by atoms with E-state index in [0.29, 0.717) is 37.7 Å². The van der Waals surface area contributed by atoms with Crippen LogP contribution in [0, 0.1) is 6.92 Å². The van der Waals surface area contributed by atoms with E-state index in [4.69, 9.17) is 21.1 Å². The van der Waals surface area contributed by atoms with Gasteiger partial charge in [0.2, 0.25) is 10.0 Å². The summed E-state index contributed by atoms with van der Waals surface area (Å²) in [5, 5.41) is 0.271. The Morgan fingerprint density at radius 2 is 1.64 bits per heavy atom. The minimum atomic E-state index is -3.59. The van der Waals surface area contributed by atoms with Gasteiger partial charge in [0.1, 0.15) is 4.90 Å². The molecule has 0 N–H and O–H groups in total. The topological polar surface area (TPSA) is 59.1 Å². The predicted molar refractivity (Wildman–Crippen MR) is 110 cm³/mol. The molecule has 3 rings (SSSR count). The third kappa shape index (κ3) is 4.43.